The number of aromatic nitrogens is 1. The SMILES string of the molecule is OC1CCC2CN(c3nc4ccccc4s3)CC12. The lowest BCUT2D eigenvalue weighted by Gasteiger charge is -2.16. The Labute approximate surface area is 110 Å². The second-order valence-electron chi connectivity index (χ2n) is 5.44. The Bertz CT molecular complexity index is 549. The Balaban J connectivity index is 1.64. The maximum absolute atomic E-state index is 9.96. The van der Waals surface area contributed by atoms with Gasteiger partial charge in [0.25, 0.3) is 0 Å². The lowest BCUT2D eigenvalue weighted by Crippen LogP contribution is -2.24. The van der Waals surface area contributed by atoms with Gasteiger partial charge < -0.3 is 10.0 Å². The van der Waals surface area contributed by atoms with Crippen molar-refractivity contribution in [2.45, 2.75) is 18.9 Å². The summed E-state index contributed by atoms with van der Waals surface area (Å²) >= 11 is 1.77. The predicted molar refractivity (Wildman–Crippen MR) is 74.1 cm³/mol. The number of anilines is 1. The second kappa shape index (κ2) is 3.93. The van der Waals surface area contributed by atoms with Crippen LogP contribution in [-0.2, 0) is 0 Å². The first kappa shape index (κ1) is 10.8. The molecule has 2 heterocycles. The Kier molecular flexibility index (Phi) is 2.35. The molecule has 4 rings (SSSR count). The number of aliphatic hydroxyl groups excluding tert-OH is 1. The highest BCUT2D eigenvalue weighted by molar-refractivity contribution is 7.22. The molecule has 1 aliphatic heterocycles. The molecule has 1 aromatic carbocycles. The van der Waals surface area contributed by atoms with Gasteiger partial charge in [0.2, 0.25) is 0 Å². The highest BCUT2D eigenvalue weighted by Crippen LogP contribution is 2.41. The lowest BCUT2D eigenvalue weighted by atomic mass is 10.00. The van der Waals surface area contributed by atoms with Crippen LogP contribution in [0.4, 0.5) is 5.13 Å². The fourth-order valence-corrected chi connectivity index (χ4v) is 4.37. The second-order valence-corrected chi connectivity index (χ2v) is 6.45. The number of benzene rings is 1. The maximum Gasteiger partial charge on any atom is 0.186 e. The molecule has 1 saturated heterocycles. The van der Waals surface area contributed by atoms with Crippen molar-refractivity contribution in [1.29, 1.82) is 0 Å². The van der Waals surface area contributed by atoms with Gasteiger partial charge in [0.05, 0.1) is 16.3 Å². The largest absolute Gasteiger partial charge is 0.393 e. The maximum atomic E-state index is 9.96. The number of aliphatic hydroxyl groups is 1. The van der Waals surface area contributed by atoms with Gasteiger partial charge in [-0.25, -0.2) is 4.98 Å². The molecule has 1 saturated carbocycles. The molecule has 1 N–H and O–H groups in total. The average Bonchev–Trinajstić information content (AvgIpc) is 3.04. The van der Waals surface area contributed by atoms with Gasteiger partial charge in [-0.3, -0.25) is 0 Å². The topological polar surface area (TPSA) is 36.4 Å². The summed E-state index contributed by atoms with van der Waals surface area (Å²) in [6, 6.07) is 8.30. The first-order chi connectivity index (χ1) is 8.81. The zero-order valence-corrected chi connectivity index (χ0v) is 10.9. The fourth-order valence-electron chi connectivity index (χ4n) is 3.39. The van der Waals surface area contributed by atoms with Crippen molar-refractivity contribution in [3.05, 3.63) is 24.3 Å². The van der Waals surface area contributed by atoms with Crippen LogP contribution in [0.1, 0.15) is 12.8 Å². The number of hydrogen-bond acceptors (Lipinski definition) is 4. The summed E-state index contributed by atoms with van der Waals surface area (Å²) in [7, 11) is 0. The van der Waals surface area contributed by atoms with Crippen molar-refractivity contribution >= 4 is 26.7 Å². The molecule has 1 aliphatic carbocycles. The van der Waals surface area contributed by atoms with E-state index in [1.807, 2.05) is 6.07 Å². The van der Waals surface area contributed by atoms with Crippen LogP contribution < -0.4 is 4.90 Å². The molecule has 3 nitrogen and oxygen atoms in total. The lowest BCUT2D eigenvalue weighted by molar-refractivity contribution is 0.133. The summed E-state index contributed by atoms with van der Waals surface area (Å²) in [6.45, 7) is 2.05. The van der Waals surface area contributed by atoms with Gasteiger partial charge in [-0.05, 0) is 30.9 Å². The summed E-state index contributed by atoms with van der Waals surface area (Å²) in [4.78, 5) is 7.07. The number of thiazole rings is 1. The van der Waals surface area contributed by atoms with Crippen LogP contribution in [0.5, 0.6) is 0 Å². The van der Waals surface area contributed by atoms with E-state index in [0.717, 1.165) is 30.2 Å². The Morgan fingerprint density at radius 2 is 2.11 bits per heavy atom. The molecule has 1 aromatic heterocycles. The Hall–Kier alpha value is -1.13. The minimum absolute atomic E-state index is 0.0885. The molecular formula is C14H16N2OS. The zero-order chi connectivity index (χ0) is 12.1. The van der Waals surface area contributed by atoms with Crippen molar-refractivity contribution in [2.75, 3.05) is 18.0 Å². The van der Waals surface area contributed by atoms with E-state index >= 15 is 0 Å². The van der Waals surface area contributed by atoms with E-state index in [1.54, 1.807) is 11.3 Å². The number of hydrogen-bond donors (Lipinski definition) is 1. The van der Waals surface area contributed by atoms with Crippen LogP contribution >= 0.6 is 11.3 Å². The molecule has 0 bridgehead atoms. The molecule has 94 valence electrons. The molecule has 0 amide bonds. The third kappa shape index (κ3) is 1.56. The van der Waals surface area contributed by atoms with Gasteiger partial charge in [0, 0.05) is 19.0 Å². The molecular weight excluding hydrogens is 244 g/mol. The van der Waals surface area contributed by atoms with Crippen molar-refractivity contribution in [1.82, 2.24) is 4.98 Å². The van der Waals surface area contributed by atoms with Gasteiger partial charge in [0.1, 0.15) is 0 Å². The Morgan fingerprint density at radius 1 is 1.22 bits per heavy atom. The first-order valence-corrected chi connectivity index (χ1v) is 7.41. The minimum atomic E-state index is -0.0885. The number of para-hydroxylation sites is 1. The van der Waals surface area contributed by atoms with E-state index in [0.29, 0.717) is 11.8 Å². The quantitative estimate of drug-likeness (QED) is 0.856. The van der Waals surface area contributed by atoms with E-state index in [-0.39, 0.29) is 6.10 Å². The van der Waals surface area contributed by atoms with Crippen LogP contribution in [0.25, 0.3) is 10.2 Å². The zero-order valence-electron chi connectivity index (χ0n) is 10.1. The molecule has 3 unspecified atom stereocenters. The number of nitrogens with zero attached hydrogens (tertiary/aromatic N) is 2. The molecule has 3 atom stereocenters. The number of rotatable bonds is 1. The van der Waals surface area contributed by atoms with E-state index < -0.39 is 0 Å². The van der Waals surface area contributed by atoms with Crippen LogP contribution in [0, 0.1) is 11.8 Å². The molecule has 2 fully saturated rings. The van der Waals surface area contributed by atoms with Gasteiger partial charge in [-0.2, -0.15) is 0 Å². The van der Waals surface area contributed by atoms with Gasteiger partial charge in [-0.1, -0.05) is 23.5 Å². The fraction of sp³-hybridized carbons (Fsp3) is 0.500. The average molecular weight is 260 g/mol. The van der Waals surface area contributed by atoms with Crippen LogP contribution in [0.3, 0.4) is 0 Å². The summed E-state index contributed by atoms with van der Waals surface area (Å²) in [6.07, 6.45) is 2.07. The van der Waals surface area contributed by atoms with E-state index in [1.165, 1.54) is 11.1 Å². The van der Waals surface area contributed by atoms with Crippen molar-refractivity contribution in [3.8, 4) is 0 Å². The highest BCUT2D eigenvalue weighted by atomic mass is 32.1. The minimum Gasteiger partial charge on any atom is -0.393 e. The third-order valence-corrected chi connectivity index (χ3v) is 5.47. The smallest absolute Gasteiger partial charge is 0.186 e. The third-order valence-electron chi connectivity index (χ3n) is 4.37. The first-order valence-electron chi connectivity index (χ1n) is 6.60. The monoisotopic (exact) mass is 260 g/mol. The predicted octanol–water partition coefficient (Wildman–Crippen LogP) is 2.50. The molecule has 0 spiro atoms. The van der Waals surface area contributed by atoms with Crippen molar-refractivity contribution < 1.29 is 5.11 Å². The van der Waals surface area contributed by atoms with E-state index in [2.05, 4.69) is 23.1 Å². The van der Waals surface area contributed by atoms with Gasteiger partial charge in [0.15, 0.2) is 5.13 Å². The summed E-state index contributed by atoms with van der Waals surface area (Å²) in [5, 5.41) is 11.1. The summed E-state index contributed by atoms with van der Waals surface area (Å²) in [5.74, 6) is 1.14. The molecule has 18 heavy (non-hydrogen) atoms. The summed E-state index contributed by atoms with van der Waals surface area (Å²) in [5.41, 5.74) is 1.09. The number of fused-ring (bicyclic) bond motifs is 2. The molecule has 2 aromatic rings. The van der Waals surface area contributed by atoms with Crippen molar-refractivity contribution in [2.24, 2.45) is 11.8 Å². The molecule has 4 heteroatoms. The normalized spacial score (nSPS) is 31.2. The molecule has 0 radical (unpaired) electrons. The van der Waals surface area contributed by atoms with Crippen LogP contribution in [-0.4, -0.2) is 29.3 Å². The highest BCUT2D eigenvalue weighted by Gasteiger charge is 2.42. The van der Waals surface area contributed by atoms with Crippen LogP contribution in [0.15, 0.2) is 24.3 Å². The molecule has 2 aliphatic rings. The van der Waals surface area contributed by atoms with Gasteiger partial charge in [-0.15, -0.1) is 0 Å². The van der Waals surface area contributed by atoms with Crippen molar-refractivity contribution in [3.63, 3.8) is 0 Å². The Morgan fingerprint density at radius 3 is 2.94 bits per heavy atom. The van der Waals surface area contributed by atoms with E-state index in [9.17, 15) is 5.11 Å². The van der Waals surface area contributed by atoms with E-state index in [4.69, 9.17) is 4.98 Å². The summed E-state index contributed by atoms with van der Waals surface area (Å²) < 4.78 is 1.25. The standard InChI is InChI=1S/C14H16N2OS/c17-12-6-5-9-7-16(8-10(9)12)14-15-11-3-1-2-4-13(11)18-14/h1-4,9-10,12,17H,5-8H2. The van der Waals surface area contributed by atoms with Crippen LogP contribution in [0.2, 0.25) is 0 Å². The van der Waals surface area contributed by atoms with Gasteiger partial charge >= 0.3 is 0 Å².